The molecule has 0 radical (unpaired) electrons. The number of fused-ring (bicyclic) bond motifs is 3. The van der Waals surface area contributed by atoms with E-state index in [1.165, 1.54) is 12.0 Å². The average Bonchev–Trinajstić information content (AvgIpc) is 3.46. The van der Waals surface area contributed by atoms with Gasteiger partial charge in [-0.15, -0.1) is 0 Å². The molecule has 0 aromatic carbocycles. The molecule has 1 amide bonds. The molecule has 4 rings (SSSR count). The number of aliphatic hydroxyl groups is 4. The molecule has 3 fully saturated rings. The smallest absolute Gasteiger partial charge is 0.329 e. The Hall–Kier alpha value is -3.45. The summed E-state index contributed by atoms with van der Waals surface area (Å²) in [5.74, 6) is -8.31. The molecule has 1 saturated carbocycles. The summed E-state index contributed by atoms with van der Waals surface area (Å²) in [5.41, 5.74) is 0.153. The largest absolute Gasteiger partial charge is 0.460 e. The Labute approximate surface area is 479 Å². The van der Waals surface area contributed by atoms with Crippen molar-refractivity contribution in [3.05, 3.63) is 47.6 Å². The van der Waals surface area contributed by atoms with Crippen LogP contribution in [0.3, 0.4) is 0 Å². The van der Waals surface area contributed by atoms with Gasteiger partial charge in [0.2, 0.25) is 5.79 Å². The molecule has 1 aliphatic carbocycles. The first-order valence-corrected chi connectivity index (χ1v) is 30.5. The SMILES string of the molecule is CCC(CC)(CCO)OCCC(CC)(CC)O[C@H]1C[C@@H]2CC[C@@H](C)[C@@](O)(O2)C(=O)C(=O)N2CCCC[C@H]2C(=O)O[C@H]([C@H](C)C[C@@H]2CC[C@@H](O)[C@H](OC)C2)CC(=O)[C@H](C)/C=C(\C)[C@@H](O)[C@@H](OC)C(=O)[C@H](C)C[C@H](C)/C=C/C=C/C=C/1C. The number of piperidine rings is 1. The fourth-order valence-corrected chi connectivity index (χ4v) is 12.6. The van der Waals surface area contributed by atoms with Crippen LogP contribution in [0.25, 0.3) is 0 Å². The monoisotopic (exact) mass is 1130 g/mol. The van der Waals surface area contributed by atoms with Crippen molar-refractivity contribution in [2.75, 3.05) is 34.0 Å². The minimum absolute atomic E-state index is 0.0217. The molecule has 0 spiro atoms. The Morgan fingerprint density at radius 1 is 0.812 bits per heavy atom. The molecule has 16 heteroatoms. The predicted octanol–water partition coefficient (Wildman–Crippen LogP) is 9.46. The molecule has 2 saturated heterocycles. The van der Waals surface area contributed by atoms with Gasteiger partial charge in [-0.2, -0.15) is 0 Å². The second-order valence-corrected chi connectivity index (χ2v) is 24.3. The Balaban J connectivity index is 1.77. The molecule has 16 nitrogen and oxygen atoms in total. The number of Topliss-reactive ketones (excluding diaryl/α,β-unsaturated/α-hetero) is 3. The maximum absolute atomic E-state index is 14.7. The van der Waals surface area contributed by atoms with Gasteiger partial charge in [0.15, 0.2) is 5.78 Å². The lowest BCUT2D eigenvalue weighted by Gasteiger charge is -2.44. The number of amides is 1. The van der Waals surface area contributed by atoms with Gasteiger partial charge in [-0.25, -0.2) is 4.79 Å². The van der Waals surface area contributed by atoms with Gasteiger partial charge in [0, 0.05) is 58.0 Å². The number of hydrogen-bond acceptors (Lipinski definition) is 15. The van der Waals surface area contributed by atoms with Gasteiger partial charge in [-0.3, -0.25) is 19.2 Å². The molecule has 0 unspecified atom stereocenters. The molecule has 3 heterocycles. The third kappa shape index (κ3) is 18.5. The number of ketones is 3. The van der Waals surface area contributed by atoms with Crippen LogP contribution in [-0.4, -0.2) is 154 Å². The third-order valence-corrected chi connectivity index (χ3v) is 18.7. The fourth-order valence-electron chi connectivity index (χ4n) is 12.6. The molecular formula is C64H105NO15. The highest BCUT2D eigenvalue weighted by Crippen LogP contribution is 2.40. The van der Waals surface area contributed by atoms with E-state index in [4.69, 9.17) is 28.4 Å². The van der Waals surface area contributed by atoms with Crippen LogP contribution in [0.15, 0.2) is 47.6 Å². The zero-order chi connectivity index (χ0) is 59.5. The summed E-state index contributed by atoms with van der Waals surface area (Å²) in [7, 11) is 2.95. The zero-order valence-electron chi connectivity index (χ0n) is 51.1. The molecule has 4 aliphatic rings. The van der Waals surface area contributed by atoms with Crippen LogP contribution in [0.1, 0.15) is 192 Å². The molecule has 4 N–H and O–H groups in total. The van der Waals surface area contributed by atoms with Crippen LogP contribution in [-0.2, 0) is 52.4 Å². The predicted molar refractivity (Wildman–Crippen MR) is 308 cm³/mol. The van der Waals surface area contributed by atoms with E-state index in [9.17, 15) is 44.4 Å². The van der Waals surface area contributed by atoms with Crippen molar-refractivity contribution in [2.24, 2.45) is 35.5 Å². The summed E-state index contributed by atoms with van der Waals surface area (Å²) < 4.78 is 37.8. The quantitative estimate of drug-likeness (QED) is 0.0605. The van der Waals surface area contributed by atoms with E-state index in [-0.39, 0.29) is 67.8 Å². The lowest BCUT2D eigenvalue weighted by atomic mass is 9.78. The number of allylic oxidation sites excluding steroid dienone is 6. The molecule has 2 bridgehead atoms. The Morgan fingerprint density at radius 2 is 1.50 bits per heavy atom. The number of ether oxygens (including phenoxy) is 6. The number of carbonyl (C=O) groups is 5. The van der Waals surface area contributed by atoms with Gasteiger partial charge in [0.05, 0.1) is 42.2 Å². The molecule has 80 heavy (non-hydrogen) atoms. The van der Waals surface area contributed by atoms with E-state index in [0.29, 0.717) is 95.7 Å². The van der Waals surface area contributed by atoms with Crippen LogP contribution in [0, 0.1) is 35.5 Å². The molecular weight excluding hydrogens is 1020 g/mol. The first-order chi connectivity index (χ1) is 37.9. The van der Waals surface area contributed by atoms with Crippen molar-refractivity contribution >= 4 is 29.2 Å². The molecule has 0 aromatic rings. The van der Waals surface area contributed by atoms with Crippen LogP contribution >= 0.6 is 0 Å². The van der Waals surface area contributed by atoms with E-state index in [1.54, 1.807) is 34.0 Å². The standard InChI is InChI=1S/C64H105NO15/c1-14-62(15-2,30-33-66)77-34-31-63(16-3,17-4)80-54-39-49-28-26-47(11)64(74,79-49)59(71)60(72)65-32-22-21-25-50(65)61(73)78-53(44(8)37-48-27-29-51(67)55(38-48)75-12)40-52(68)43(7)36-46(10)57(70)58(76-13)56(69)45(9)35-41(5)23-19-18-20-24-42(54)6/h18-20,23-24,36,41,43-45,47-51,53-55,57-58,66-67,70,74H,14-17,21-22,25-35,37-40H2,1-13H3/b20-18+,23-19+,42-24+,46-36+/t41-,43-,44-,45-,47-,48+,49+,50+,51-,53+,54+,55-,57-,58+,64-/m1/s1. The van der Waals surface area contributed by atoms with Gasteiger partial charge < -0.3 is 53.7 Å². The first kappa shape index (κ1) is 69.0. The van der Waals surface area contributed by atoms with Gasteiger partial charge in [0.1, 0.15) is 30.1 Å². The summed E-state index contributed by atoms with van der Waals surface area (Å²) in [6, 6.07) is -1.18. The van der Waals surface area contributed by atoms with Gasteiger partial charge in [-0.05, 0) is 145 Å². The van der Waals surface area contributed by atoms with E-state index < -0.39 is 95.1 Å². The summed E-state index contributed by atoms with van der Waals surface area (Å²) in [5, 5.41) is 44.5. The average molecular weight is 1130 g/mol. The minimum Gasteiger partial charge on any atom is -0.460 e. The Kier molecular flexibility index (Phi) is 28.1. The summed E-state index contributed by atoms with van der Waals surface area (Å²) in [4.78, 5) is 73.5. The maximum atomic E-state index is 14.7. The highest BCUT2D eigenvalue weighted by atomic mass is 16.6. The van der Waals surface area contributed by atoms with E-state index >= 15 is 0 Å². The maximum Gasteiger partial charge on any atom is 0.329 e. The molecule has 3 aliphatic heterocycles. The number of hydrogen-bond donors (Lipinski definition) is 4. The van der Waals surface area contributed by atoms with Crippen molar-refractivity contribution in [2.45, 2.75) is 257 Å². The lowest BCUT2D eigenvalue weighted by Crippen LogP contribution is -2.61. The number of carbonyl (C=O) groups excluding carboxylic acids is 5. The van der Waals surface area contributed by atoms with Crippen molar-refractivity contribution in [1.29, 1.82) is 0 Å². The van der Waals surface area contributed by atoms with Crippen LogP contribution in [0.4, 0.5) is 0 Å². The summed E-state index contributed by atoms with van der Waals surface area (Å²) >= 11 is 0. The molecule has 0 aromatic heterocycles. The number of rotatable bonds is 17. The molecule has 456 valence electrons. The van der Waals surface area contributed by atoms with Crippen molar-refractivity contribution in [1.82, 2.24) is 4.90 Å². The third-order valence-electron chi connectivity index (χ3n) is 18.7. The number of aliphatic hydroxyl groups excluding tert-OH is 3. The van der Waals surface area contributed by atoms with Crippen LogP contribution < -0.4 is 0 Å². The van der Waals surface area contributed by atoms with E-state index in [1.807, 2.05) is 58.1 Å². The Morgan fingerprint density at radius 3 is 2.14 bits per heavy atom. The number of cyclic esters (lactones) is 1. The first-order valence-electron chi connectivity index (χ1n) is 30.5. The van der Waals surface area contributed by atoms with Crippen molar-refractivity contribution in [3.63, 3.8) is 0 Å². The van der Waals surface area contributed by atoms with Gasteiger partial charge in [0.25, 0.3) is 11.7 Å². The normalized spacial score (nSPS) is 35.5. The topological polar surface area (TPSA) is 225 Å². The zero-order valence-corrected chi connectivity index (χ0v) is 51.1. The second-order valence-electron chi connectivity index (χ2n) is 24.3. The van der Waals surface area contributed by atoms with Gasteiger partial charge >= 0.3 is 5.97 Å². The van der Waals surface area contributed by atoms with Gasteiger partial charge in [-0.1, -0.05) is 98.8 Å². The highest BCUT2D eigenvalue weighted by Gasteiger charge is 2.53. The fraction of sp³-hybridized carbons (Fsp3) is 0.797. The van der Waals surface area contributed by atoms with Crippen molar-refractivity contribution in [3.8, 4) is 0 Å². The number of methoxy groups -OCH3 is 2. The second kappa shape index (κ2) is 32.6. The highest BCUT2D eigenvalue weighted by molar-refractivity contribution is 6.39. The summed E-state index contributed by atoms with van der Waals surface area (Å²) in [6.45, 7) is 21.6. The molecule has 15 atom stereocenters. The number of nitrogens with zero attached hydrogens (tertiary/aromatic N) is 1. The number of esters is 1. The van der Waals surface area contributed by atoms with E-state index in [2.05, 4.69) is 27.7 Å². The minimum atomic E-state index is -2.51. The van der Waals surface area contributed by atoms with E-state index in [0.717, 1.165) is 18.4 Å². The van der Waals surface area contributed by atoms with Crippen LogP contribution in [0.5, 0.6) is 0 Å². The Bertz CT molecular complexity index is 2110. The lowest BCUT2D eigenvalue weighted by molar-refractivity contribution is -0.267. The van der Waals surface area contributed by atoms with Crippen LogP contribution in [0.2, 0.25) is 0 Å². The summed E-state index contributed by atoms with van der Waals surface area (Å²) in [6.07, 6.45) is 14.6. The van der Waals surface area contributed by atoms with Crippen molar-refractivity contribution < 1.29 is 72.8 Å².